The van der Waals surface area contributed by atoms with E-state index in [1.165, 1.54) is 0 Å². The van der Waals surface area contributed by atoms with Gasteiger partial charge in [-0.1, -0.05) is 50.6 Å². The second kappa shape index (κ2) is 6.81. The van der Waals surface area contributed by atoms with E-state index in [1.807, 2.05) is 20.8 Å². The van der Waals surface area contributed by atoms with Gasteiger partial charge < -0.3 is 4.90 Å². The van der Waals surface area contributed by atoms with Crippen molar-refractivity contribution >= 4 is 27.3 Å². The van der Waals surface area contributed by atoms with E-state index in [-0.39, 0.29) is 23.6 Å². The molecule has 1 saturated heterocycles. The molecule has 1 fully saturated rings. The first-order valence-electron chi connectivity index (χ1n) is 7.84. The maximum Gasteiger partial charge on any atom is 0.223 e. The van der Waals surface area contributed by atoms with Gasteiger partial charge in [0.25, 0.3) is 0 Å². The molecule has 128 valence electrons. The van der Waals surface area contributed by atoms with Crippen LogP contribution in [0.4, 0.5) is 0 Å². The number of hydrogen-bond acceptors (Lipinski definition) is 3. The molecule has 0 radical (unpaired) electrons. The average Bonchev–Trinajstić information content (AvgIpc) is 2.56. The fraction of sp³-hybridized carbons (Fsp3) is 0.588. The molecule has 0 N–H and O–H groups in total. The molecule has 1 aliphatic rings. The summed E-state index contributed by atoms with van der Waals surface area (Å²) in [4.78, 5) is 14.1. The van der Waals surface area contributed by atoms with Gasteiger partial charge in [0.1, 0.15) is 0 Å². The summed E-state index contributed by atoms with van der Waals surface area (Å²) >= 11 is 6.18. The molecule has 1 unspecified atom stereocenters. The summed E-state index contributed by atoms with van der Waals surface area (Å²) in [6.07, 6.45) is 0.811. The Hall–Kier alpha value is -1.07. The fourth-order valence-corrected chi connectivity index (χ4v) is 4.99. The number of benzene rings is 1. The number of carbonyl (C=O) groups excluding carboxylic acids is 1. The van der Waals surface area contributed by atoms with Crippen molar-refractivity contribution in [2.75, 3.05) is 18.8 Å². The third-order valence-electron chi connectivity index (χ3n) is 4.03. The minimum Gasteiger partial charge on any atom is -0.342 e. The maximum atomic E-state index is 12.6. The Bertz CT molecular complexity index is 679. The van der Waals surface area contributed by atoms with Gasteiger partial charge >= 0.3 is 0 Å². The Balaban J connectivity index is 2.20. The van der Waals surface area contributed by atoms with E-state index in [0.717, 1.165) is 0 Å². The smallest absolute Gasteiger partial charge is 0.223 e. The van der Waals surface area contributed by atoms with Gasteiger partial charge in [-0.3, -0.25) is 4.79 Å². The lowest BCUT2D eigenvalue weighted by Gasteiger charge is -2.25. The van der Waals surface area contributed by atoms with Crippen molar-refractivity contribution in [3.63, 3.8) is 0 Å². The van der Waals surface area contributed by atoms with E-state index in [2.05, 4.69) is 0 Å². The van der Waals surface area contributed by atoms with E-state index in [9.17, 15) is 13.2 Å². The topological polar surface area (TPSA) is 54.5 Å². The van der Waals surface area contributed by atoms with Crippen molar-refractivity contribution in [2.45, 2.75) is 38.9 Å². The largest absolute Gasteiger partial charge is 0.342 e. The number of hydrogen-bond donors (Lipinski definition) is 0. The highest BCUT2D eigenvalue weighted by molar-refractivity contribution is 7.91. The van der Waals surface area contributed by atoms with E-state index in [1.54, 1.807) is 29.2 Å². The molecule has 0 saturated carbocycles. The zero-order valence-corrected chi connectivity index (χ0v) is 15.5. The van der Waals surface area contributed by atoms with Crippen LogP contribution in [0.25, 0.3) is 0 Å². The van der Waals surface area contributed by atoms with Gasteiger partial charge in [0.2, 0.25) is 5.91 Å². The van der Waals surface area contributed by atoms with Gasteiger partial charge in [-0.05, 0) is 23.5 Å². The number of amides is 1. The quantitative estimate of drug-likeness (QED) is 0.814. The molecule has 1 aromatic carbocycles. The summed E-state index contributed by atoms with van der Waals surface area (Å²) in [7, 11) is -3.32. The summed E-state index contributed by atoms with van der Waals surface area (Å²) < 4.78 is 25.2. The number of halogens is 1. The minimum atomic E-state index is -3.32. The van der Waals surface area contributed by atoms with Crippen LogP contribution in [0.3, 0.4) is 0 Å². The first-order chi connectivity index (χ1) is 10.6. The molecule has 1 atom stereocenters. The van der Waals surface area contributed by atoms with Gasteiger partial charge in [0, 0.05) is 24.5 Å². The van der Waals surface area contributed by atoms with Crippen molar-refractivity contribution in [1.29, 1.82) is 0 Å². The molecule has 2 rings (SSSR count). The number of carbonyl (C=O) groups is 1. The lowest BCUT2D eigenvalue weighted by Crippen LogP contribution is -2.35. The second-order valence-electron chi connectivity index (χ2n) is 7.28. The molecule has 0 bridgehead atoms. The molecule has 1 amide bonds. The van der Waals surface area contributed by atoms with Crippen molar-refractivity contribution in [3.8, 4) is 0 Å². The summed E-state index contributed by atoms with van der Waals surface area (Å²) in [6.45, 7) is 6.73. The summed E-state index contributed by atoms with van der Waals surface area (Å²) in [5.74, 6) is 0.00573. The molecule has 0 spiro atoms. The van der Waals surface area contributed by atoms with Crippen molar-refractivity contribution < 1.29 is 13.2 Å². The van der Waals surface area contributed by atoms with Crippen molar-refractivity contribution in [1.82, 2.24) is 4.90 Å². The summed E-state index contributed by atoms with van der Waals surface area (Å²) in [5.41, 5.74) is 0.531. The van der Waals surface area contributed by atoms with Crippen LogP contribution in [-0.4, -0.2) is 38.1 Å². The lowest BCUT2D eigenvalue weighted by molar-refractivity contribution is -0.132. The monoisotopic (exact) mass is 357 g/mol. The van der Waals surface area contributed by atoms with E-state index >= 15 is 0 Å². The van der Waals surface area contributed by atoms with Crippen LogP contribution in [0.15, 0.2) is 24.3 Å². The summed E-state index contributed by atoms with van der Waals surface area (Å²) in [5, 5.41) is -0.167. The molecular formula is C17H24ClNO3S. The van der Waals surface area contributed by atoms with Crippen molar-refractivity contribution in [3.05, 3.63) is 34.9 Å². The van der Waals surface area contributed by atoms with Gasteiger partial charge in [0.05, 0.1) is 11.0 Å². The van der Waals surface area contributed by atoms with Crippen LogP contribution < -0.4 is 0 Å². The van der Waals surface area contributed by atoms with Gasteiger partial charge in [-0.15, -0.1) is 0 Å². The third kappa shape index (κ3) is 4.70. The maximum absolute atomic E-state index is 12.6. The standard InChI is InChI=1S/C17H24ClNO3S/c1-17(2,3)12-16(20)19-9-8-15(23(21,22)11-10-19)13-6-4-5-7-14(13)18/h4-7,15H,8-12H2,1-3H3. The normalized spacial score (nSPS) is 21.7. The zero-order chi connectivity index (χ0) is 17.3. The Morgan fingerprint density at radius 1 is 1.26 bits per heavy atom. The highest BCUT2D eigenvalue weighted by Crippen LogP contribution is 2.34. The van der Waals surface area contributed by atoms with Gasteiger partial charge in [-0.2, -0.15) is 0 Å². The second-order valence-corrected chi connectivity index (χ2v) is 9.99. The summed E-state index contributed by atoms with van der Waals surface area (Å²) in [6, 6.07) is 7.05. The molecule has 4 nitrogen and oxygen atoms in total. The third-order valence-corrected chi connectivity index (χ3v) is 6.48. The molecule has 0 aromatic heterocycles. The first kappa shape index (κ1) is 18.3. The highest BCUT2D eigenvalue weighted by atomic mass is 35.5. The van der Waals surface area contributed by atoms with E-state index in [0.29, 0.717) is 30.0 Å². The lowest BCUT2D eigenvalue weighted by atomic mass is 9.91. The molecule has 1 aliphatic heterocycles. The van der Waals surface area contributed by atoms with Crippen LogP contribution in [0.5, 0.6) is 0 Å². The van der Waals surface area contributed by atoms with Crippen LogP contribution >= 0.6 is 11.6 Å². The van der Waals surface area contributed by atoms with Crippen molar-refractivity contribution in [2.24, 2.45) is 5.41 Å². The van der Waals surface area contributed by atoms with E-state index < -0.39 is 15.1 Å². The number of nitrogens with zero attached hydrogens (tertiary/aromatic N) is 1. The average molecular weight is 358 g/mol. The SMILES string of the molecule is CC(C)(C)CC(=O)N1CCC(c2ccccc2Cl)S(=O)(=O)CC1. The number of sulfone groups is 1. The highest BCUT2D eigenvalue weighted by Gasteiger charge is 2.34. The zero-order valence-electron chi connectivity index (χ0n) is 13.9. The van der Waals surface area contributed by atoms with Gasteiger partial charge in [-0.25, -0.2) is 8.42 Å². The Morgan fingerprint density at radius 3 is 2.52 bits per heavy atom. The minimum absolute atomic E-state index is 0.0151. The molecule has 6 heteroatoms. The predicted octanol–water partition coefficient (Wildman–Crippen LogP) is 3.46. The predicted molar refractivity (Wildman–Crippen MR) is 93.2 cm³/mol. The Morgan fingerprint density at radius 2 is 1.91 bits per heavy atom. The van der Waals surface area contributed by atoms with Crippen LogP contribution in [0.2, 0.25) is 5.02 Å². The Kier molecular flexibility index (Phi) is 5.41. The van der Waals surface area contributed by atoms with Crippen LogP contribution in [-0.2, 0) is 14.6 Å². The van der Waals surface area contributed by atoms with Crippen LogP contribution in [0, 0.1) is 5.41 Å². The molecule has 23 heavy (non-hydrogen) atoms. The van der Waals surface area contributed by atoms with E-state index in [4.69, 9.17) is 11.6 Å². The van der Waals surface area contributed by atoms with Crippen LogP contribution in [0.1, 0.15) is 44.4 Å². The molecule has 1 heterocycles. The first-order valence-corrected chi connectivity index (χ1v) is 9.93. The Labute approximate surface area is 143 Å². The number of rotatable bonds is 2. The van der Waals surface area contributed by atoms with Gasteiger partial charge in [0.15, 0.2) is 9.84 Å². The molecular weight excluding hydrogens is 334 g/mol. The molecule has 0 aliphatic carbocycles. The molecule has 1 aromatic rings. The fourth-order valence-electron chi connectivity index (χ4n) is 2.84.